The summed E-state index contributed by atoms with van der Waals surface area (Å²) >= 11 is 0. The van der Waals surface area contributed by atoms with Gasteiger partial charge in [0.05, 0.1) is 22.2 Å². The van der Waals surface area contributed by atoms with Gasteiger partial charge in [-0.15, -0.1) is 0 Å². The predicted molar refractivity (Wildman–Crippen MR) is 76.8 cm³/mol. The summed E-state index contributed by atoms with van der Waals surface area (Å²) in [5.74, 6) is -1.45. The number of aromatic nitrogens is 3. The second-order valence-electron chi connectivity index (χ2n) is 5.59. The number of hydrogen-bond donors (Lipinski definition) is 1. The first-order valence-electron chi connectivity index (χ1n) is 6.62. The van der Waals surface area contributed by atoms with Gasteiger partial charge >= 0.3 is 0 Å². The summed E-state index contributed by atoms with van der Waals surface area (Å²) in [5, 5.41) is 10.2. The molecule has 0 saturated carbocycles. The fourth-order valence-corrected chi connectivity index (χ4v) is 2.40. The van der Waals surface area contributed by atoms with Crippen molar-refractivity contribution in [3.05, 3.63) is 47.8 Å². The number of halogens is 2. The number of nitrogens with zero attached hydrogens (tertiary/aromatic N) is 3. The highest BCUT2D eigenvalue weighted by Gasteiger charge is 2.24. The van der Waals surface area contributed by atoms with Crippen LogP contribution < -0.4 is 0 Å². The Bertz CT molecular complexity index is 866. The number of imidazole rings is 1. The van der Waals surface area contributed by atoms with Crippen molar-refractivity contribution >= 4 is 11.0 Å². The molecule has 0 spiro atoms. The van der Waals surface area contributed by atoms with Crippen LogP contribution in [0.5, 0.6) is 0 Å². The lowest BCUT2D eigenvalue weighted by Crippen LogP contribution is -2.17. The molecule has 0 aliphatic carbocycles. The molecule has 0 fully saturated rings. The van der Waals surface area contributed by atoms with Gasteiger partial charge in [-0.1, -0.05) is 0 Å². The number of benzene rings is 1. The maximum absolute atomic E-state index is 13.4. The highest BCUT2D eigenvalue weighted by Crippen LogP contribution is 2.31. The summed E-state index contributed by atoms with van der Waals surface area (Å²) in [4.78, 5) is 8.22. The van der Waals surface area contributed by atoms with Crippen LogP contribution in [0, 0.1) is 23.9 Å². The van der Waals surface area contributed by atoms with Crippen LogP contribution in [0.25, 0.3) is 22.4 Å². The highest BCUT2D eigenvalue weighted by molar-refractivity contribution is 5.81. The lowest BCUT2D eigenvalue weighted by molar-refractivity contribution is 0.0791. The SMILES string of the molecule is Cn1c(-c2cnc#cc2C(C)(C)O)nc2cc(F)c(F)cc21. The van der Waals surface area contributed by atoms with Gasteiger partial charge in [0.25, 0.3) is 0 Å². The molecule has 1 aromatic carbocycles. The molecule has 1 N–H and O–H groups in total. The Morgan fingerprint density at radius 1 is 1.23 bits per heavy atom. The lowest BCUT2D eigenvalue weighted by Gasteiger charge is -2.18. The Labute approximate surface area is 126 Å². The monoisotopic (exact) mass is 301 g/mol. The fraction of sp³-hybridized carbons (Fsp3) is 0.250. The van der Waals surface area contributed by atoms with Gasteiger partial charge in [0.1, 0.15) is 5.82 Å². The number of aryl methyl sites for hydroxylation is 1. The van der Waals surface area contributed by atoms with Crippen LogP contribution in [-0.2, 0) is 12.6 Å². The number of aliphatic hydroxyl groups is 1. The molecule has 3 rings (SSSR count). The first kappa shape index (κ1) is 14.4. The van der Waals surface area contributed by atoms with Crippen LogP contribution >= 0.6 is 0 Å². The summed E-state index contributed by atoms with van der Waals surface area (Å²) in [6, 6.07) is 4.92. The van der Waals surface area contributed by atoms with E-state index >= 15 is 0 Å². The van der Waals surface area contributed by atoms with Crippen molar-refractivity contribution in [1.29, 1.82) is 0 Å². The largest absolute Gasteiger partial charge is 0.385 e. The van der Waals surface area contributed by atoms with Crippen molar-refractivity contribution in [2.75, 3.05) is 0 Å². The van der Waals surface area contributed by atoms with Gasteiger partial charge in [0.2, 0.25) is 0 Å². The fourth-order valence-electron chi connectivity index (χ4n) is 2.40. The average Bonchev–Trinajstić information content (AvgIpc) is 2.76. The van der Waals surface area contributed by atoms with E-state index in [1.165, 1.54) is 6.20 Å². The third-order valence-corrected chi connectivity index (χ3v) is 3.48. The van der Waals surface area contributed by atoms with E-state index in [0.29, 0.717) is 28.0 Å². The second kappa shape index (κ2) is 4.75. The zero-order chi connectivity index (χ0) is 16.1. The van der Waals surface area contributed by atoms with Crippen LogP contribution in [0.1, 0.15) is 19.4 Å². The lowest BCUT2D eigenvalue weighted by atomic mass is 9.95. The average molecular weight is 301 g/mol. The first-order valence-corrected chi connectivity index (χ1v) is 6.62. The van der Waals surface area contributed by atoms with E-state index in [1.54, 1.807) is 25.5 Å². The summed E-state index contributed by atoms with van der Waals surface area (Å²) < 4.78 is 28.4. The number of hydrogen-bond acceptors (Lipinski definition) is 3. The van der Waals surface area contributed by atoms with E-state index in [1.807, 2.05) is 0 Å². The van der Waals surface area contributed by atoms with Crippen LogP contribution in [0.15, 0.2) is 18.3 Å². The van der Waals surface area contributed by atoms with Crippen LogP contribution in [0.3, 0.4) is 0 Å². The highest BCUT2D eigenvalue weighted by atomic mass is 19.2. The minimum atomic E-state index is -1.18. The van der Waals surface area contributed by atoms with E-state index in [4.69, 9.17) is 0 Å². The van der Waals surface area contributed by atoms with E-state index in [2.05, 4.69) is 22.2 Å². The molecule has 0 unspecified atom stereocenters. The summed E-state index contributed by atoms with van der Waals surface area (Å²) in [6.07, 6.45) is 4.05. The Morgan fingerprint density at radius 3 is 2.59 bits per heavy atom. The third-order valence-electron chi connectivity index (χ3n) is 3.48. The number of fused-ring (bicyclic) bond motifs is 1. The van der Waals surface area contributed by atoms with Crippen molar-refractivity contribution in [1.82, 2.24) is 14.5 Å². The first-order chi connectivity index (χ1) is 10.3. The van der Waals surface area contributed by atoms with Gasteiger partial charge < -0.3 is 9.67 Å². The van der Waals surface area contributed by atoms with Crippen molar-refractivity contribution in [3.8, 4) is 11.4 Å². The summed E-state index contributed by atoms with van der Waals surface area (Å²) in [6.45, 7) is 3.22. The molecule has 4 nitrogen and oxygen atoms in total. The molecule has 0 saturated heterocycles. The molecule has 0 radical (unpaired) electrons. The van der Waals surface area contributed by atoms with E-state index in [-0.39, 0.29) is 0 Å². The van der Waals surface area contributed by atoms with Crippen LogP contribution in [0.4, 0.5) is 8.78 Å². The Hall–Kier alpha value is -2.52. The predicted octanol–water partition coefficient (Wildman–Crippen LogP) is 2.74. The molecule has 0 aliphatic rings. The second-order valence-corrected chi connectivity index (χ2v) is 5.59. The van der Waals surface area contributed by atoms with E-state index in [9.17, 15) is 13.9 Å². The minimum absolute atomic E-state index is 0.325. The molecule has 112 valence electrons. The van der Waals surface area contributed by atoms with E-state index < -0.39 is 17.2 Å². The van der Waals surface area contributed by atoms with E-state index in [0.717, 1.165) is 12.1 Å². The maximum atomic E-state index is 13.4. The van der Waals surface area contributed by atoms with Gasteiger partial charge in [-0.05, 0) is 19.9 Å². The van der Waals surface area contributed by atoms with Gasteiger partial charge in [-0.2, -0.15) is 0 Å². The Balaban J connectivity index is 2.30. The molecular weight excluding hydrogens is 288 g/mol. The smallest absolute Gasteiger partial charge is 0.161 e. The third kappa shape index (κ3) is 2.20. The van der Waals surface area contributed by atoms with Gasteiger partial charge in [-0.3, -0.25) is 0 Å². The van der Waals surface area contributed by atoms with Crippen LogP contribution in [0.2, 0.25) is 0 Å². The van der Waals surface area contributed by atoms with Crippen molar-refractivity contribution in [2.24, 2.45) is 7.05 Å². The Kier molecular flexibility index (Phi) is 3.11. The molecule has 6 heteroatoms. The van der Waals surface area contributed by atoms with Gasteiger partial charge in [0, 0.05) is 37.1 Å². The molecule has 22 heavy (non-hydrogen) atoms. The molecule has 2 aromatic heterocycles. The standard InChI is InChI=1S/C16H13F2N3O/c1-16(2,22)10-4-5-19-8-9(10)15-20-13-6-11(17)12(18)7-14(13)21(15)3/h6-8,22H,1-3H3. The molecule has 0 amide bonds. The van der Waals surface area contributed by atoms with Crippen molar-refractivity contribution in [2.45, 2.75) is 19.4 Å². The molecule has 0 aliphatic heterocycles. The maximum Gasteiger partial charge on any atom is 0.161 e. The molecular formula is C16H13F2N3O. The topological polar surface area (TPSA) is 50.9 Å². The van der Waals surface area contributed by atoms with Gasteiger partial charge in [0.15, 0.2) is 11.6 Å². The molecule has 0 bridgehead atoms. The molecule has 3 aromatic rings. The zero-order valence-corrected chi connectivity index (χ0v) is 12.3. The summed E-state index contributed by atoms with van der Waals surface area (Å²) in [5.41, 5.74) is 0.589. The minimum Gasteiger partial charge on any atom is -0.385 e. The summed E-state index contributed by atoms with van der Waals surface area (Å²) in [7, 11) is 1.69. The van der Waals surface area contributed by atoms with Gasteiger partial charge in [-0.25, -0.2) is 18.7 Å². The quantitative estimate of drug-likeness (QED) is 0.792. The Morgan fingerprint density at radius 2 is 1.91 bits per heavy atom. The van der Waals surface area contributed by atoms with Crippen molar-refractivity contribution in [3.63, 3.8) is 0 Å². The zero-order valence-electron chi connectivity index (χ0n) is 12.3. The normalized spacial score (nSPS) is 11.7. The molecule has 0 atom stereocenters. The van der Waals surface area contributed by atoms with Crippen LogP contribution in [-0.4, -0.2) is 19.6 Å². The van der Waals surface area contributed by atoms with Crippen molar-refractivity contribution < 1.29 is 13.9 Å². The molecule has 2 heterocycles. The number of rotatable bonds is 2.